The number of pyridine rings is 1. The van der Waals surface area contributed by atoms with Gasteiger partial charge in [-0.25, -0.2) is 0 Å². The average Bonchev–Trinajstić information content (AvgIpc) is 3.26. The van der Waals surface area contributed by atoms with E-state index < -0.39 is 0 Å². The molecule has 0 spiro atoms. The van der Waals surface area contributed by atoms with Gasteiger partial charge in [0.25, 0.3) is 0 Å². The lowest BCUT2D eigenvalue weighted by Gasteiger charge is -2.32. The molecule has 0 unspecified atom stereocenters. The molecule has 6 nitrogen and oxygen atoms in total. The third-order valence-corrected chi connectivity index (χ3v) is 6.86. The Hall–Kier alpha value is -2.21. The number of amides is 1. The average molecular weight is 410 g/mol. The molecule has 162 valence electrons. The number of nitrogens with one attached hydrogen (secondary N) is 2. The van der Waals surface area contributed by atoms with Crippen molar-refractivity contribution < 1.29 is 4.79 Å². The minimum Gasteiger partial charge on any atom is -0.352 e. The number of rotatable bonds is 8. The van der Waals surface area contributed by atoms with Gasteiger partial charge in [0, 0.05) is 49.1 Å². The van der Waals surface area contributed by atoms with Crippen LogP contribution in [-0.4, -0.2) is 39.1 Å². The first-order chi connectivity index (χ1) is 14.8. The van der Waals surface area contributed by atoms with Crippen LogP contribution in [0.1, 0.15) is 80.5 Å². The Morgan fingerprint density at radius 1 is 1.13 bits per heavy atom. The molecule has 2 aliphatic rings. The van der Waals surface area contributed by atoms with Crippen LogP contribution in [0.2, 0.25) is 0 Å². The highest BCUT2D eigenvalue weighted by Crippen LogP contribution is 2.34. The fourth-order valence-corrected chi connectivity index (χ4v) is 4.99. The zero-order valence-corrected chi connectivity index (χ0v) is 18.0. The lowest BCUT2D eigenvalue weighted by molar-refractivity contribution is -0.121. The molecule has 2 N–H and O–H groups in total. The van der Waals surface area contributed by atoms with E-state index in [-0.39, 0.29) is 5.91 Å². The van der Waals surface area contributed by atoms with Crippen molar-refractivity contribution in [2.75, 3.05) is 13.1 Å². The molecule has 1 saturated carbocycles. The number of carbonyl (C=O) groups is 1. The Morgan fingerprint density at radius 3 is 2.73 bits per heavy atom. The number of nitrogens with zero attached hydrogens (tertiary/aromatic N) is 3. The molecule has 2 fully saturated rings. The number of aromatic nitrogens is 3. The number of hydrogen-bond acceptors (Lipinski definition) is 4. The zero-order chi connectivity index (χ0) is 20.6. The molecule has 1 aliphatic carbocycles. The number of likely N-dealkylation sites (tertiary alicyclic amines) is 1. The first-order valence-electron chi connectivity index (χ1n) is 11.7. The van der Waals surface area contributed by atoms with E-state index in [1.165, 1.54) is 56.2 Å². The summed E-state index contributed by atoms with van der Waals surface area (Å²) in [5.74, 6) is 1.49. The van der Waals surface area contributed by atoms with Crippen molar-refractivity contribution >= 4 is 5.91 Å². The van der Waals surface area contributed by atoms with Gasteiger partial charge in [-0.3, -0.25) is 19.8 Å². The van der Waals surface area contributed by atoms with E-state index in [2.05, 4.69) is 25.4 Å². The molecule has 2 aromatic heterocycles. The Balaban J connectivity index is 1.16. The van der Waals surface area contributed by atoms with Crippen LogP contribution in [0.25, 0.3) is 0 Å². The minimum atomic E-state index is 0.150. The van der Waals surface area contributed by atoms with Crippen LogP contribution in [0, 0.1) is 5.92 Å². The predicted octanol–water partition coefficient (Wildman–Crippen LogP) is 4.16. The van der Waals surface area contributed by atoms with Gasteiger partial charge in [-0.15, -0.1) is 0 Å². The molecule has 30 heavy (non-hydrogen) atoms. The second kappa shape index (κ2) is 10.7. The van der Waals surface area contributed by atoms with Crippen LogP contribution in [0.3, 0.4) is 0 Å². The lowest BCUT2D eigenvalue weighted by atomic mass is 9.85. The lowest BCUT2D eigenvalue weighted by Crippen LogP contribution is -2.34. The van der Waals surface area contributed by atoms with E-state index in [0.717, 1.165) is 31.6 Å². The van der Waals surface area contributed by atoms with Crippen molar-refractivity contribution in [2.24, 2.45) is 5.92 Å². The van der Waals surface area contributed by atoms with Gasteiger partial charge < -0.3 is 5.32 Å². The van der Waals surface area contributed by atoms with E-state index in [4.69, 9.17) is 0 Å². The van der Waals surface area contributed by atoms with Gasteiger partial charge in [-0.1, -0.05) is 25.3 Å². The number of aromatic amines is 1. The summed E-state index contributed by atoms with van der Waals surface area (Å²) in [5, 5.41) is 10.7. The molecular weight excluding hydrogens is 374 g/mol. The topological polar surface area (TPSA) is 73.9 Å². The van der Waals surface area contributed by atoms with Crippen molar-refractivity contribution in [3.8, 4) is 0 Å². The van der Waals surface area contributed by atoms with Crippen LogP contribution in [0.4, 0.5) is 0 Å². The molecule has 1 amide bonds. The number of carbonyl (C=O) groups excluding carboxylic acids is 1. The highest BCUT2D eigenvalue weighted by atomic mass is 16.1. The minimum absolute atomic E-state index is 0.150. The summed E-state index contributed by atoms with van der Waals surface area (Å²) in [4.78, 5) is 18.8. The molecule has 4 rings (SSSR count). The van der Waals surface area contributed by atoms with Gasteiger partial charge in [0.1, 0.15) is 0 Å². The summed E-state index contributed by atoms with van der Waals surface area (Å²) in [6.07, 6.45) is 16.3. The maximum Gasteiger partial charge on any atom is 0.220 e. The fraction of sp³-hybridized carbons (Fsp3) is 0.625. The van der Waals surface area contributed by atoms with Gasteiger partial charge in [0.15, 0.2) is 0 Å². The van der Waals surface area contributed by atoms with Crippen molar-refractivity contribution in [3.05, 3.63) is 47.5 Å². The summed E-state index contributed by atoms with van der Waals surface area (Å²) >= 11 is 0. The molecule has 0 bridgehead atoms. The van der Waals surface area contributed by atoms with Gasteiger partial charge in [0.2, 0.25) is 5.91 Å². The Morgan fingerprint density at radius 2 is 1.97 bits per heavy atom. The third kappa shape index (κ3) is 5.91. The van der Waals surface area contributed by atoms with E-state index in [9.17, 15) is 4.79 Å². The molecule has 1 aliphatic heterocycles. The quantitative estimate of drug-likeness (QED) is 0.686. The van der Waals surface area contributed by atoms with Crippen molar-refractivity contribution in [1.82, 2.24) is 25.4 Å². The van der Waals surface area contributed by atoms with E-state index in [1.54, 1.807) is 12.4 Å². The first-order valence-corrected chi connectivity index (χ1v) is 11.7. The number of H-pyrrole nitrogens is 1. The number of hydrogen-bond donors (Lipinski definition) is 2. The fourth-order valence-electron chi connectivity index (χ4n) is 4.99. The Bertz CT molecular complexity index is 776. The van der Waals surface area contributed by atoms with Crippen LogP contribution < -0.4 is 5.32 Å². The van der Waals surface area contributed by atoms with E-state index in [1.807, 2.05) is 18.3 Å². The second-order valence-electron chi connectivity index (χ2n) is 9.04. The first kappa shape index (κ1) is 21.0. The van der Waals surface area contributed by atoms with Crippen LogP contribution in [0.5, 0.6) is 0 Å². The van der Waals surface area contributed by atoms with E-state index in [0.29, 0.717) is 24.8 Å². The smallest absolute Gasteiger partial charge is 0.220 e. The summed E-state index contributed by atoms with van der Waals surface area (Å²) in [6.45, 7) is 3.83. The molecule has 0 atom stereocenters. The third-order valence-electron chi connectivity index (χ3n) is 6.86. The van der Waals surface area contributed by atoms with Crippen molar-refractivity contribution in [2.45, 2.75) is 76.8 Å². The summed E-state index contributed by atoms with van der Waals surface area (Å²) in [6, 6.07) is 3.89. The van der Waals surface area contributed by atoms with Gasteiger partial charge >= 0.3 is 0 Å². The van der Waals surface area contributed by atoms with Gasteiger partial charge in [-0.05, 0) is 62.7 Å². The number of piperidine rings is 1. The molecular formula is C24H35N5O. The highest BCUT2D eigenvalue weighted by Gasteiger charge is 2.24. The normalized spacial score (nSPS) is 19.1. The second-order valence-corrected chi connectivity index (χ2v) is 9.04. The summed E-state index contributed by atoms with van der Waals surface area (Å²) in [5.41, 5.74) is 3.84. The SMILES string of the molecule is O=C(CCC1CCN(Cc2cn[nH]c2C2CCCCC2)CC1)NCc1cccnc1. The summed E-state index contributed by atoms with van der Waals surface area (Å²) in [7, 11) is 0. The monoisotopic (exact) mass is 409 g/mol. The Kier molecular flexibility index (Phi) is 7.51. The van der Waals surface area contributed by atoms with E-state index >= 15 is 0 Å². The molecule has 6 heteroatoms. The van der Waals surface area contributed by atoms with Crippen LogP contribution in [-0.2, 0) is 17.9 Å². The maximum atomic E-state index is 12.2. The van der Waals surface area contributed by atoms with Crippen molar-refractivity contribution in [1.29, 1.82) is 0 Å². The van der Waals surface area contributed by atoms with Gasteiger partial charge in [0.05, 0.1) is 6.20 Å². The summed E-state index contributed by atoms with van der Waals surface area (Å²) < 4.78 is 0. The van der Waals surface area contributed by atoms with Crippen LogP contribution >= 0.6 is 0 Å². The van der Waals surface area contributed by atoms with Crippen molar-refractivity contribution in [3.63, 3.8) is 0 Å². The molecule has 1 saturated heterocycles. The molecule has 2 aromatic rings. The zero-order valence-electron chi connectivity index (χ0n) is 18.0. The molecule has 3 heterocycles. The highest BCUT2D eigenvalue weighted by molar-refractivity contribution is 5.75. The largest absolute Gasteiger partial charge is 0.352 e. The molecule has 0 radical (unpaired) electrons. The standard InChI is InChI=1S/C24H35N5O/c30-23(26-16-20-5-4-12-25-15-20)9-8-19-10-13-29(14-11-19)18-22-17-27-28-24(22)21-6-2-1-3-7-21/h4-5,12,15,17,19,21H,1-3,6-11,13-14,16,18H2,(H,26,30)(H,27,28). The predicted molar refractivity (Wildman–Crippen MR) is 118 cm³/mol. The maximum absolute atomic E-state index is 12.2. The molecule has 0 aromatic carbocycles. The Labute approximate surface area is 179 Å². The van der Waals surface area contributed by atoms with Crippen LogP contribution in [0.15, 0.2) is 30.7 Å². The van der Waals surface area contributed by atoms with Gasteiger partial charge in [-0.2, -0.15) is 5.10 Å².